The molecule has 0 bridgehead atoms. The molecule has 1 aromatic carbocycles. The van der Waals surface area contributed by atoms with Crippen LogP contribution in [0.3, 0.4) is 0 Å². The van der Waals surface area contributed by atoms with Crippen molar-refractivity contribution >= 4 is 17.7 Å². The zero-order chi connectivity index (χ0) is 16.1. The van der Waals surface area contributed by atoms with Crippen molar-refractivity contribution in [1.82, 2.24) is 4.98 Å². The number of methoxy groups -OCH3 is 1. The fourth-order valence-corrected chi connectivity index (χ4v) is 3.10. The number of thioether (sulfide) groups is 1. The van der Waals surface area contributed by atoms with E-state index in [0.29, 0.717) is 16.9 Å². The topological polar surface area (TPSA) is 63.0 Å². The number of hydrogen-bond acceptors (Lipinski definition) is 5. The lowest BCUT2D eigenvalue weighted by Gasteiger charge is -2.07. The molecule has 0 N–H and O–H groups in total. The van der Waals surface area contributed by atoms with E-state index in [1.165, 1.54) is 18.9 Å². The monoisotopic (exact) mass is 312 g/mol. The molecule has 0 fully saturated rings. The fraction of sp³-hybridized carbons (Fsp3) is 0.235. The van der Waals surface area contributed by atoms with Gasteiger partial charge in [0.1, 0.15) is 11.1 Å². The van der Waals surface area contributed by atoms with Crippen LogP contribution in [0.15, 0.2) is 35.4 Å². The number of pyridine rings is 1. The molecule has 0 unspecified atom stereocenters. The van der Waals surface area contributed by atoms with Gasteiger partial charge in [-0.1, -0.05) is 12.1 Å². The molecule has 0 saturated carbocycles. The summed E-state index contributed by atoms with van der Waals surface area (Å²) in [6.45, 7) is 3.84. The minimum absolute atomic E-state index is 0.345. The third-order valence-electron chi connectivity index (χ3n) is 3.17. The molecule has 22 heavy (non-hydrogen) atoms. The number of nitriles is 1. The highest BCUT2D eigenvalue weighted by Gasteiger charge is 2.10. The Bertz CT molecular complexity index is 734. The van der Waals surface area contributed by atoms with E-state index in [2.05, 4.69) is 15.8 Å². The van der Waals surface area contributed by atoms with Crippen molar-refractivity contribution in [2.24, 2.45) is 0 Å². The van der Waals surface area contributed by atoms with Crippen LogP contribution in [0.4, 0.5) is 0 Å². The summed E-state index contributed by atoms with van der Waals surface area (Å²) in [5.74, 6) is 0.341. The number of carbonyl (C=O) groups is 1. The van der Waals surface area contributed by atoms with Gasteiger partial charge in [-0.25, -0.2) is 9.78 Å². The second-order valence-corrected chi connectivity index (χ2v) is 5.81. The lowest BCUT2D eigenvalue weighted by molar-refractivity contribution is 0.0600. The van der Waals surface area contributed by atoms with Gasteiger partial charge in [0.05, 0.1) is 18.2 Å². The standard InChI is InChI=1S/C17H16N2O2S/c1-11-8-12(2)19-16(15(11)9-18)22-10-13-4-6-14(7-5-13)17(20)21-3/h4-8H,10H2,1-3H3. The van der Waals surface area contributed by atoms with E-state index in [0.717, 1.165) is 21.8 Å². The van der Waals surface area contributed by atoms with Gasteiger partial charge in [-0.2, -0.15) is 5.26 Å². The average Bonchev–Trinajstić information content (AvgIpc) is 2.52. The molecule has 112 valence electrons. The lowest BCUT2D eigenvalue weighted by Crippen LogP contribution is -2.00. The highest BCUT2D eigenvalue weighted by Crippen LogP contribution is 2.26. The average molecular weight is 312 g/mol. The van der Waals surface area contributed by atoms with Crippen LogP contribution in [-0.4, -0.2) is 18.1 Å². The molecule has 0 aliphatic carbocycles. The summed E-state index contributed by atoms with van der Waals surface area (Å²) in [6, 6.07) is 11.4. The first-order valence-electron chi connectivity index (χ1n) is 6.73. The highest BCUT2D eigenvalue weighted by atomic mass is 32.2. The Labute approximate surface area is 134 Å². The first-order chi connectivity index (χ1) is 10.5. The van der Waals surface area contributed by atoms with Gasteiger partial charge < -0.3 is 4.74 Å². The number of carbonyl (C=O) groups excluding carboxylic acids is 1. The van der Waals surface area contributed by atoms with Gasteiger partial charge in [0.2, 0.25) is 0 Å². The minimum Gasteiger partial charge on any atom is -0.465 e. The number of aryl methyl sites for hydroxylation is 2. The summed E-state index contributed by atoms with van der Waals surface area (Å²) in [7, 11) is 1.36. The molecule has 0 spiro atoms. The molecule has 1 aromatic heterocycles. The van der Waals surface area contributed by atoms with E-state index >= 15 is 0 Å². The maximum absolute atomic E-state index is 11.4. The van der Waals surface area contributed by atoms with Crippen molar-refractivity contribution in [3.8, 4) is 6.07 Å². The number of rotatable bonds is 4. The number of esters is 1. The molecule has 1 heterocycles. The predicted molar refractivity (Wildman–Crippen MR) is 85.8 cm³/mol. The van der Waals surface area contributed by atoms with Crippen LogP contribution in [-0.2, 0) is 10.5 Å². The first kappa shape index (κ1) is 16.1. The van der Waals surface area contributed by atoms with Crippen LogP contribution in [0, 0.1) is 25.2 Å². The van der Waals surface area contributed by atoms with E-state index in [1.807, 2.05) is 32.0 Å². The van der Waals surface area contributed by atoms with Crippen molar-refractivity contribution in [2.75, 3.05) is 7.11 Å². The molecule has 5 heteroatoms. The van der Waals surface area contributed by atoms with Crippen molar-refractivity contribution in [1.29, 1.82) is 5.26 Å². The largest absolute Gasteiger partial charge is 0.465 e. The minimum atomic E-state index is -0.345. The summed E-state index contributed by atoms with van der Waals surface area (Å²) >= 11 is 1.52. The van der Waals surface area contributed by atoms with Crippen LogP contribution in [0.1, 0.15) is 32.7 Å². The summed E-state index contributed by atoms with van der Waals surface area (Å²) in [5.41, 5.74) is 4.06. The van der Waals surface area contributed by atoms with Crippen molar-refractivity contribution in [3.05, 3.63) is 58.3 Å². The molecular weight excluding hydrogens is 296 g/mol. The van der Waals surface area contributed by atoms with Crippen LogP contribution in [0.5, 0.6) is 0 Å². The molecule has 2 rings (SSSR count). The van der Waals surface area contributed by atoms with Crippen LogP contribution in [0.25, 0.3) is 0 Å². The number of benzene rings is 1. The summed E-state index contributed by atoms with van der Waals surface area (Å²) in [5, 5.41) is 10.0. The molecular formula is C17H16N2O2S. The van der Waals surface area contributed by atoms with Crippen LogP contribution >= 0.6 is 11.8 Å². The van der Waals surface area contributed by atoms with Crippen molar-refractivity contribution in [3.63, 3.8) is 0 Å². The van der Waals surface area contributed by atoms with Crippen LogP contribution < -0.4 is 0 Å². The number of aromatic nitrogens is 1. The molecule has 0 saturated heterocycles. The van der Waals surface area contributed by atoms with Gasteiger partial charge in [0.25, 0.3) is 0 Å². The smallest absolute Gasteiger partial charge is 0.337 e. The Morgan fingerprint density at radius 1 is 1.32 bits per heavy atom. The molecule has 2 aromatic rings. The third kappa shape index (κ3) is 3.66. The Morgan fingerprint density at radius 2 is 2.00 bits per heavy atom. The van der Waals surface area contributed by atoms with Gasteiger partial charge >= 0.3 is 5.97 Å². The van der Waals surface area contributed by atoms with E-state index in [1.54, 1.807) is 12.1 Å². The van der Waals surface area contributed by atoms with Crippen molar-refractivity contribution in [2.45, 2.75) is 24.6 Å². The highest BCUT2D eigenvalue weighted by molar-refractivity contribution is 7.98. The maximum Gasteiger partial charge on any atom is 0.337 e. The fourth-order valence-electron chi connectivity index (χ4n) is 2.05. The maximum atomic E-state index is 11.4. The summed E-state index contributed by atoms with van der Waals surface area (Å²) < 4.78 is 4.67. The second-order valence-electron chi connectivity index (χ2n) is 4.85. The molecule has 0 aliphatic heterocycles. The van der Waals surface area contributed by atoms with Gasteiger partial charge in [0.15, 0.2) is 0 Å². The zero-order valence-corrected chi connectivity index (χ0v) is 13.5. The van der Waals surface area contributed by atoms with Gasteiger partial charge in [0, 0.05) is 11.4 Å². The molecule has 4 nitrogen and oxygen atoms in total. The Balaban J connectivity index is 2.14. The third-order valence-corrected chi connectivity index (χ3v) is 4.22. The summed E-state index contributed by atoms with van der Waals surface area (Å²) in [6.07, 6.45) is 0. The summed E-state index contributed by atoms with van der Waals surface area (Å²) in [4.78, 5) is 15.8. The number of nitrogens with zero attached hydrogens (tertiary/aromatic N) is 2. The Hall–Kier alpha value is -2.32. The Kier molecular flexibility index (Phi) is 5.18. The van der Waals surface area contributed by atoms with E-state index < -0.39 is 0 Å². The van der Waals surface area contributed by atoms with Gasteiger partial charge in [-0.15, -0.1) is 11.8 Å². The van der Waals surface area contributed by atoms with Crippen LogP contribution in [0.2, 0.25) is 0 Å². The molecule has 0 atom stereocenters. The molecule has 0 aliphatic rings. The second kappa shape index (κ2) is 7.10. The van der Waals surface area contributed by atoms with E-state index in [-0.39, 0.29) is 5.97 Å². The predicted octanol–water partition coefficient (Wildman–Crippen LogP) is 3.65. The SMILES string of the molecule is COC(=O)c1ccc(CSc2nc(C)cc(C)c2C#N)cc1. The first-order valence-corrected chi connectivity index (χ1v) is 7.72. The van der Waals surface area contributed by atoms with Gasteiger partial charge in [-0.05, 0) is 43.2 Å². The quantitative estimate of drug-likeness (QED) is 0.637. The van der Waals surface area contributed by atoms with Crippen molar-refractivity contribution < 1.29 is 9.53 Å². The molecule has 0 amide bonds. The van der Waals surface area contributed by atoms with E-state index in [4.69, 9.17) is 0 Å². The normalized spacial score (nSPS) is 10.1. The lowest BCUT2D eigenvalue weighted by atomic mass is 10.1. The number of hydrogen-bond donors (Lipinski definition) is 0. The number of ether oxygens (including phenoxy) is 1. The van der Waals surface area contributed by atoms with Gasteiger partial charge in [-0.3, -0.25) is 0 Å². The Morgan fingerprint density at radius 3 is 2.59 bits per heavy atom. The zero-order valence-electron chi connectivity index (χ0n) is 12.7. The molecule has 0 radical (unpaired) electrons. The van der Waals surface area contributed by atoms with E-state index in [9.17, 15) is 10.1 Å².